The molecule has 0 saturated heterocycles. The summed E-state index contributed by atoms with van der Waals surface area (Å²) in [6, 6.07) is 3.57. The summed E-state index contributed by atoms with van der Waals surface area (Å²) in [5.41, 5.74) is -2.20. The monoisotopic (exact) mass is 489 g/mol. The lowest BCUT2D eigenvalue weighted by atomic mass is 9.80. The number of nitrogens with zero attached hydrogens (tertiary/aromatic N) is 4. The minimum absolute atomic E-state index is 0.204. The van der Waals surface area contributed by atoms with Crippen molar-refractivity contribution in [3.05, 3.63) is 47.7 Å². The number of amides is 1. The molecule has 1 aliphatic carbocycles. The van der Waals surface area contributed by atoms with Gasteiger partial charge in [-0.3, -0.25) is 9.48 Å². The summed E-state index contributed by atoms with van der Waals surface area (Å²) in [5, 5.41) is 18.7. The Bertz CT molecular complexity index is 1220. The van der Waals surface area contributed by atoms with E-state index in [-0.39, 0.29) is 11.7 Å². The molecule has 0 radical (unpaired) electrons. The van der Waals surface area contributed by atoms with Crippen molar-refractivity contribution >= 4 is 22.5 Å². The van der Waals surface area contributed by atoms with Crippen molar-refractivity contribution in [3.63, 3.8) is 0 Å². The van der Waals surface area contributed by atoms with Gasteiger partial charge in [-0.2, -0.15) is 18.3 Å². The molecule has 188 valence electrons. The number of hydrogen-bond donors (Lipinski definition) is 2. The Morgan fingerprint density at radius 2 is 1.86 bits per heavy atom. The van der Waals surface area contributed by atoms with Crippen LogP contribution < -0.4 is 5.32 Å². The topological polar surface area (TPSA) is 92.9 Å². The van der Waals surface area contributed by atoms with Crippen LogP contribution in [0.5, 0.6) is 0 Å². The van der Waals surface area contributed by atoms with Crippen LogP contribution >= 0.6 is 0 Å². The molecule has 0 bridgehead atoms. The van der Waals surface area contributed by atoms with Crippen molar-refractivity contribution in [2.75, 3.05) is 5.32 Å². The zero-order valence-corrected chi connectivity index (χ0v) is 20.2. The molecule has 0 spiro atoms. The summed E-state index contributed by atoms with van der Waals surface area (Å²) in [5.74, 6) is 0.353. The third-order valence-corrected chi connectivity index (χ3v) is 6.85. The van der Waals surface area contributed by atoms with Gasteiger partial charge in [-0.25, -0.2) is 9.97 Å². The number of aromatic nitrogens is 4. The summed E-state index contributed by atoms with van der Waals surface area (Å²) >= 11 is 0. The molecule has 1 amide bonds. The molecule has 3 aromatic rings. The van der Waals surface area contributed by atoms with Crippen LogP contribution in [0.3, 0.4) is 0 Å². The number of rotatable bonds is 5. The van der Waals surface area contributed by atoms with E-state index in [4.69, 9.17) is 5.10 Å². The summed E-state index contributed by atoms with van der Waals surface area (Å²) in [6.07, 6.45) is 2.97. The number of hydrogen-bond acceptors (Lipinski definition) is 5. The highest BCUT2D eigenvalue weighted by molar-refractivity contribution is 6.06. The van der Waals surface area contributed by atoms with Gasteiger partial charge in [-0.1, -0.05) is 13.8 Å². The Hall–Kier alpha value is -3.01. The van der Waals surface area contributed by atoms with E-state index in [9.17, 15) is 23.1 Å². The van der Waals surface area contributed by atoms with Crippen LogP contribution in [0.1, 0.15) is 81.0 Å². The second-order valence-corrected chi connectivity index (χ2v) is 10.2. The van der Waals surface area contributed by atoms with Gasteiger partial charge in [-0.05, 0) is 63.5 Å². The fraction of sp³-hybridized carbons (Fsp3) is 0.520. The summed E-state index contributed by atoms with van der Waals surface area (Å²) in [7, 11) is 0. The molecule has 4 rings (SSSR count). The summed E-state index contributed by atoms with van der Waals surface area (Å²) < 4.78 is 42.0. The zero-order chi connectivity index (χ0) is 25.5. The van der Waals surface area contributed by atoms with E-state index in [0.717, 1.165) is 43.6 Å². The van der Waals surface area contributed by atoms with Crippen LogP contribution in [-0.2, 0) is 11.8 Å². The van der Waals surface area contributed by atoms with E-state index in [1.54, 1.807) is 26.0 Å². The molecule has 1 aromatic carbocycles. The molecular weight excluding hydrogens is 459 g/mol. The second-order valence-electron chi connectivity index (χ2n) is 10.2. The SMILES string of the molecule is CC(C)C1CCC(n2cc3cc(NC(=O)c4cncnc4C(F)(F)F)c(C(C)(C)O)cc3n2)CC1. The van der Waals surface area contributed by atoms with Gasteiger partial charge in [0.1, 0.15) is 6.33 Å². The van der Waals surface area contributed by atoms with Crippen molar-refractivity contribution < 1.29 is 23.1 Å². The lowest BCUT2D eigenvalue weighted by Gasteiger charge is -2.30. The maximum absolute atomic E-state index is 13.4. The summed E-state index contributed by atoms with van der Waals surface area (Å²) in [4.78, 5) is 19.7. The van der Waals surface area contributed by atoms with E-state index in [1.807, 2.05) is 10.9 Å². The Morgan fingerprint density at radius 3 is 2.46 bits per heavy atom. The van der Waals surface area contributed by atoms with E-state index in [0.29, 0.717) is 22.9 Å². The van der Waals surface area contributed by atoms with Crippen LogP contribution in [0.4, 0.5) is 18.9 Å². The molecule has 1 aliphatic rings. The number of benzene rings is 1. The standard InChI is InChI=1S/C25H30F3N5O2/c1-14(2)15-5-7-17(8-6-15)33-12-16-9-21(19(24(3,4)35)10-20(16)32-33)31-23(34)18-11-29-13-30-22(18)25(26,27)28/h9-15,17,35H,5-8H2,1-4H3,(H,31,34). The molecule has 10 heteroatoms. The van der Waals surface area contributed by atoms with E-state index in [2.05, 4.69) is 29.1 Å². The summed E-state index contributed by atoms with van der Waals surface area (Å²) in [6.45, 7) is 7.59. The Kier molecular flexibility index (Phi) is 6.61. The van der Waals surface area contributed by atoms with Gasteiger partial charge in [-0.15, -0.1) is 0 Å². The fourth-order valence-electron chi connectivity index (χ4n) is 4.83. The first-order valence-corrected chi connectivity index (χ1v) is 11.8. The third-order valence-electron chi connectivity index (χ3n) is 6.85. The van der Waals surface area contributed by atoms with Gasteiger partial charge in [0.25, 0.3) is 5.91 Å². The highest BCUT2D eigenvalue weighted by Crippen LogP contribution is 2.38. The highest BCUT2D eigenvalue weighted by Gasteiger charge is 2.37. The maximum Gasteiger partial charge on any atom is 0.434 e. The van der Waals surface area contributed by atoms with Gasteiger partial charge in [0, 0.05) is 29.0 Å². The van der Waals surface area contributed by atoms with Gasteiger partial charge >= 0.3 is 6.18 Å². The van der Waals surface area contributed by atoms with Crippen molar-refractivity contribution in [1.29, 1.82) is 0 Å². The number of carbonyl (C=O) groups is 1. The highest BCUT2D eigenvalue weighted by atomic mass is 19.4. The van der Waals surface area contributed by atoms with Crippen molar-refractivity contribution in [2.45, 2.75) is 71.2 Å². The molecule has 2 aromatic heterocycles. The van der Waals surface area contributed by atoms with Gasteiger partial charge in [0.05, 0.1) is 22.7 Å². The predicted octanol–water partition coefficient (Wildman–Crippen LogP) is 5.71. The molecule has 1 saturated carbocycles. The minimum atomic E-state index is -4.81. The Morgan fingerprint density at radius 1 is 1.17 bits per heavy atom. The first-order valence-electron chi connectivity index (χ1n) is 11.8. The number of anilines is 1. The average molecular weight is 490 g/mol. The van der Waals surface area contributed by atoms with E-state index in [1.165, 1.54) is 0 Å². The number of fused-ring (bicyclic) bond motifs is 1. The van der Waals surface area contributed by atoms with Crippen molar-refractivity contribution in [3.8, 4) is 0 Å². The second kappa shape index (κ2) is 9.22. The molecule has 1 fully saturated rings. The largest absolute Gasteiger partial charge is 0.434 e. The van der Waals surface area contributed by atoms with Crippen molar-refractivity contribution in [2.24, 2.45) is 11.8 Å². The van der Waals surface area contributed by atoms with E-state index >= 15 is 0 Å². The lowest BCUT2D eigenvalue weighted by molar-refractivity contribution is -0.141. The molecule has 7 nitrogen and oxygen atoms in total. The molecule has 0 atom stereocenters. The first-order chi connectivity index (χ1) is 16.3. The third kappa shape index (κ3) is 5.32. The Balaban J connectivity index is 1.67. The number of halogens is 3. The molecule has 2 N–H and O–H groups in total. The molecule has 2 heterocycles. The fourth-order valence-corrected chi connectivity index (χ4v) is 4.83. The van der Waals surface area contributed by atoms with Gasteiger partial charge in [0.15, 0.2) is 5.69 Å². The lowest BCUT2D eigenvalue weighted by Crippen LogP contribution is -2.23. The number of nitrogens with one attached hydrogen (secondary N) is 1. The van der Waals surface area contributed by atoms with Gasteiger partial charge < -0.3 is 10.4 Å². The zero-order valence-electron chi connectivity index (χ0n) is 20.2. The smallest absolute Gasteiger partial charge is 0.386 e. The number of aliphatic hydroxyl groups is 1. The molecule has 0 aliphatic heterocycles. The quantitative estimate of drug-likeness (QED) is 0.479. The van der Waals surface area contributed by atoms with Crippen LogP contribution in [0, 0.1) is 11.8 Å². The van der Waals surface area contributed by atoms with Crippen LogP contribution in [0.15, 0.2) is 30.9 Å². The van der Waals surface area contributed by atoms with E-state index < -0.39 is 28.9 Å². The Labute approximate surface area is 201 Å². The number of alkyl halides is 3. The molecule has 35 heavy (non-hydrogen) atoms. The van der Waals surface area contributed by atoms with Crippen LogP contribution in [0.2, 0.25) is 0 Å². The van der Waals surface area contributed by atoms with Crippen molar-refractivity contribution in [1.82, 2.24) is 19.7 Å². The predicted molar refractivity (Wildman–Crippen MR) is 126 cm³/mol. The minimum Gasteiger partial charge on any atom is -0.386 e. The average Bonchev–Trinajstić information content (AvgIpc) is 3.20. The molecule has 0 unspecified atom stereocenters. The van der Waals surface area contributed by atoms with Crippen LogP contribution in [0.25, 0.3) is 10.9 Å². The van der Waals surface area contributed by atoms with Gasteiger partial charge in [0.2, 0.25) is 0 Å². The molecular formula is C25H30F3N5O2. The number of carbonyl (C=O) groups excluding carboxylic acids is 1. The first kappa shape index (κ1) is 25.1. The normalized spacial score (nSPS) is 19.3. The van der Waals surface area contributed by atoms with Crippen LogP contribution in [-0.4, -0.2) is 30.8 Å². The maximum atomic E-state index is 13.4.